The highest BCUT2D eigenvalue weighted by Crippen LogP contribution is 2.19. The summed E-state index contributed by atoms with van der Waals surface area (Å²) in [6, 6.07) is 14.8. The lowest BCUT2D eigenvalue weighted by Gasteiger charge is -2.09. The average Bonchev–Trinajstić information content (AvgIpc) is 2.57. The summed E-state index contributed by atoms with van der Waals surface area (Å²) in [4.78, 5) is 12.3. The van der Waals surface area contributed by atoms with Gasteiger partial charge in [0.25, 0.3) is 5.91 Å². The molecule has 2 rings (SSSR count). The smallest absolute Gasteiger partial charge is 0.266 e. The second-order valence-electron chi connectivity index (χ2n) is 5.14. The van der Waals surface area contributed by atoms with Gasteiger partial charge in [0.05, 0.1) is 7.11 Å². The fraction of sp³-hybridized carbons (Fsp3) is 0.158. The summed E-state index contributed by atoms with van der Waals surface area (Å²) in [5, 5.41) is 12.0. The number of carbonyl (C=O) groups excluding carboxylic acids is 1. The molecular formula is C19H18N2O2. The Kier molecular flexibility index (Phi) is 5.16. The zero-order valence-electron chi connectivity index (χ0n) is 13.4. The third-order valence-electron chi connectivity index (χ3n) is 3.64. The minimum Gasteiger partial charge on any atom is -0.497 e. The van der Waals surface area contributed by atoms with Crippen molar-refractivity contribution < 1.29 is 9.53 Å². The topological polar surface area (TPSA) is 62.1 Å². The van der Waals surface area contributed by atoms with E-state index in [1.165, 1.54) is 0 Å². The van der Waals surface area contributed by atoms with Gasteiger partial charge in [-0.3, -0.25) is 4.79 Å². The summed E-state index contributed by atoms with van der Waals surface area (Å²) in [6.45, 7) is 3.91. The summed E-state index contributed by atoms with van der Waals surface area (Å²) < 4.78 is 5.09. The molecule has 0 aliphatic heterocycles. The van der Waals surface area contributed by atoms with Crippen LogP contribution in [0.25, 0.3) is 6.08 Å². The highest BCUT2D eigenvalue weighted by molar-refractivity contribution is 6.10. The normalized spacial score (nSPS) is 10.8. The minimum absolute atomic E-state index is 0.0519. The van der Waals surface area contributed by atoms with Crippen molar-refractivity contribution in [2.45, 2.75) is 13.8 Å². The molecule has 0 spiro atoms. The molecule has 116 valence electrons. The van der Waals surface area contributed by atoms with Crippen LogP contribution >= 0.6 is 0 Å². The predicted octanol–water partition coefficient (Wildman–Crippen LogP) is 3.86. The van der Waals surface area contributed by atoms with Gasteiger partial charge in [0.1, 0.15) is 17.4 Å². The molecule has 23 heavy (non-hydrogen) atoms. The molecular weight excluding hydrogens is 288 g/mol. The Morgan fingerprint density at radius 3 is 2.48 bits per heavy atom. The quantitative estimate of drug-likeness (QED) is 0.689. The van der Waals surface area contributed by atoms with Gasteiger partial charge in [0.15, 0.2) is 0 Å². The molecule has 4 heteroatoms. The second-order valence-corrected chi connectivity index (χ2v) is 5.14. The van der Waals surface area contributed by atoms with E-state index in [-0.39, 0.29) is 5.57 Å². The van der Waals surface area contributed by atoms with Gasteiger partial charge in [-0.05, 0) is 54.8 Å². The molecule has 1 N–H and O–H groups in total. The number of nitrogens with one attached hydrogen (secondary N) is 1. The van der Waals surface area contributed by atoms with Gasteiger partial charge in [-0.2, -0.15) is 5.26 Å². The van der Waals surface area contributed by atoms with Crippen LogP contribution in [0.15, 0.2) is 48.0 Å². The van der Waals surface area contributed by atoms with Crippen molar-refractivity contribution in [3.8, 4) is 11.8 Å². The number of carbonyl (C=O) groups is 1. The van der Waals surface area contributed by atoms with E-state index in [0.717, 1.165) is 22.4 Å². The maximum Gasteiger partial charge on any atom is 0.266 e. The summed E-state index contributed by atoms with van der Waals surface area (Å²) in [7, 11) is 1.59. The number of anilines is 1. The number of nitriles is 1. The van der Waals surface area contributed by atoms with Gasteiger partial charge in [-0.1, -0.05) is 24.3 Å². The van der Waals surface area contributed by atoms with Crippen LogP contribution in [0.5, 0.6) is 5.75 Å². The Bertz CT molecular complexity index is 784. The maximum absolute atomic E-state index is 12.3. The van der Waals surface area contributed by atoms with Gasteiger partial charge in [-0.15, -0.1) is 0 Å². The molecule has 2 aromatic rings. The van der Waals surface area contributed by atoms with Crippen LogP contribution in [0, 0.1) is 25.2 Å². The van der Waals surface area contributed by atoms with E-state index in [2.05, 4.69) is 5.32 Å². The number of hydrogen-bond acceptors (Lipinski definition) is 3. The molecule has 0 aliphatic carbocycles. The van der Waals surface area contributed by atoms with E-state index in [1.54, 1.807) is 37.5 Å². The van der Waals surface area contributed by atoms with E-state index >= 15 is 0 Å². The molecule has 0 saturated carbocycles. The third-order valence-corrected chi connectivity index (χ3v) is 3.64. The first-order chi connectivity index (χ1) is 11.0. The van der Waals surface area contributed by atoms with Gasteiger partial charge in [-0.25, -0.2) is 0 Å². The van der Waals surface area contributed by atoms with E-state index in [9.17, 15) is 10.1 Å². The van der Waals surface area contributed by atoms with Gasteiger partial charge < -0.3 is 10.1 Å². The molecule has 0 fully saturated rings. The van der Waals surface area contributed by atoms with E-state index in [1.807, 2.05) is 38.1 Å². The van der Waals surface area contributed by atoms with Crippen molar-refractivity contribution >= 4 is 17.7 Å². The highest BCUT2D eigenvalue weighted by atomic mass is 16.5. The summed E-state index contributed by atoms with van der Waals surface area (Å²) in [5.41, 5.74) is 3.60. The van der Waals surface area contributed by atoms with Crippen LogP contribution < -0.4 is 10.1 Å². The number of methoxy groups -OCH3 is 1. The number of aryl methyl sites for hydroxylation is 1. The first-order valence-electron chi connectivity index (χ1n) is 7.18. The van der Waals surface area contributed by atoms with E-state index in [0.29, 0.717) is 5.69 Å². The van der Waals surface area contributed by atoms with Crippen molar-refractivity contribution in [3.63, 3.8) is 0 Å². The van der Waals surface area contributed by atoms with Crippen LogP contribution in [0.1, 0.15) is 16.7 Å². The summed E-state index contributed by atoms with van der Waals surface area (Å²) >= 11 is 0. The van der Waals surface area contributed by atoms with Gasteiger partial charge in [0, 0.05) is 5.69 Å². The number of ether oxygens (including phenoxy) is 1. The fourth-order valence-electron chi connectivity index (χ4n) is 2.09. The largest absolute Gasteiger partial charge is 0.497 e. The van der Waals surface area contributed by atoms with Crippen molar-refractivity contribution in [2.75, 3.05) is 12.4 Å². The molecule has 0 unspecified atom stereocenters. The molecule has 0 radical (unpaired) electrons. The second kappa shape index (κ2) is 7.28. The molecule has 0 atom stereocenters. The van der Waals surface area contributed by atoms with Crippen LogP contribution in [-0.4, -0.2) is 13.0 Å². The predicted molar refractivity (Wildman–Crippen MR) is 91.1 cm³/mol. The third kappa shape index (κ3) is 3.98. The number of rotatable bonds is 4. The van der Waals surface area contributed by atoms with Crippen LogP contribution in [0.2, 0.25) is 0 Å². The molecule has 0 aliphatic rings. The summed E-state index contributed by atoms with van der Waals surface area (Å²) in [6.07, 6.45) is 1.56. The van der Waals surface area contributed by atoms with Crippen molar-refractivity contribution in [3.05, 3.63) is 64.7 Å². The van der Waals surface area contributed by atoms with Crippen molar-refractivity contribution in [2.24, 2.45) is 0 Å². The zero-order valence-corrected chi connectivity index (χ0v) is 13.4. The Labute approximate surface area is 136 Å². The number of nitrogens with zero attached hydrogens (tertiary/aromatic N) is 1. The van der Waals surface area contributed by atoms with Crippen molar-refractivity contribution in [1.29, 1.82) is 5.26 Å². The maximum atomic E-state index is 12.3. The highest BCUT2D eigenvalue weighted by Gasteiger charge is 2.11. The van der Waals surface area contributed by atoms with Crippen LogP contribution in [0.4, 0.5) is 5.69 Å². The number of hydrogen-bond donors (Lipinski definition) is 1. The monoisotopic (exact) mass is 306 g/mol. The molecule has 0 aromatic heterocycles. The lowest BCUT2D eigenvalue weighted by atomic mass is 10.1. The number of amides is 1. The minimum atomic E-state index is -0.419. The first kappa shape index (κ1) is 16.3. The standard InChI is InChI=1S/C19H18N2O2/c1-13-5-4-6-18(14(13)2)21-19(22)16(12-20)11-15-7-9-17(23-3)10-8-15/h4-11H,1-3H3,(H,21,22)/b16-11-. The molecule has 0 heterocycles. The lowest BCUT2D eigenvalue weighted by Crippen LogP contribution is -2.14. The van der Waals surface area contributed by atoms with Crippen molar-refractivity contribution in [1.82, 2.24) is 0 Å². The number of benzene rings is 2. The first-order valence-corrected chi connectivity index (χ1v) is 7.18. The van der Waals surface area contributed by atoms with Gasteiger partial charge in [0.2, 0.25) is 0 Å². The summed E-state index contributed by atoms with van der Waals surface area (Å²) in [5.74, 6) is 0.303. The molecule has 4 nitrogen and oxygen atoms in total. The SMILES string of the molecule is COc1ccc(/C=C(/C#N)C(=O)Nc2cccc(C)c2C)cc1. The van der Waals surface area contributed by atoms with E-state index < -0.39 is 5.91 Å². The Morgan fingerprint density at radius 2 is 1.87 bits per heavy atom. The Balaban J connectivity index is 2.22. The average molecular weight is 306 g/mol. The Morgan fingerprint density at radius 1 is 1.17 bits per heavy atom. The molecule has 2 aromatic carbocycles. The van der Waals surface area contributed by atoms with E-state index in [4.69, 9.17) is 4.74 Å². The molecule has 0 bridgehead atoms. The van der Waals surface area contributed by atoms with Crippen LogP contribution in [0.3, 0.4) is 0 Å². The Hall–Kier alpha value is -3.06. The lowest BCUT2D eigenvalue weighted by molar-refractivity contribution is -0.112. The molecule has 1 amide bonds. The van der Waals surface area contributed by atoms with Gasteiger partial charge >= 0.3 is 0 Å². The van der Waals surface area contributed by atoms with Crippen LogP contribution in [-0.2, 0) is 4.79 Å². The zero-order chi connectivity index (χ0) is 16.8. The molecule has 0 saturated heterocycles. The fourth-order valence-corrected chi connectivity index (χ4v) is 2.09.